The maximum absolute atomic E-state index is 6.06. The molecule has 5 nitrogen and oxygen atoms in total. The molecule has 0 unspecified atom stereocenters. The fraction of sp³-hybridized carbons (Fsp3) is 0.273. The van der Waals surface area contributed by atoms with Crippen LogP contribution < -0.4 is 11.1 Å². The van der Waals surface area contributed by atoms with Gasteiger partial charge in [0.25, 0.3) is 0 Å². The molecule has 0 saturated heterocycles. The van der Waals surface area contributed by atoms with Crippen LogP contribution in [0.1, 0.15) is 28.9 Å². The third kappa shape index (κ3) is 5.13. The van der Waals surface area contributed by atoms with Crippen molar-refractivity contribution in [1.82, 2.24) is 9.55 Å². The van der Waals surface area contributed by atoms with E-state index in [1.807, 2.05) is 18.5 Å². The molecule has 0 bridgehead atoms. The van der Waals surface area contributed by atoms with Crippen molar-refractivity contribution < 1.29 is 0 Å². The molecule has 1 heterocycles. The Hall–Kier alpha value is -2.35. The monoisotopic (exact) mass is 487 g/mol. The molecule has 0 amide bonds. The number of nitrogens with two attached hydrogens (primary N) is 1. The second-order valence-electron chi connectivity index (χ2n) is 6.94. The van der Waals surface area contributed by atoms with Crippen molar-refractivity contribution in [3.63, 3.8) is 0 Å². The summed E-state index contributed by atoms with van der Waals surface area (Å²) >= 11 is 0. The van der Waals surface area contributed by atoms with Crippen LogP contribution in [0.2, 0.25) is 0 Å². The number of hydrogen-bond acceptors (Lipinski definition) is 2. The lowest BCUT2D eigenvalue weighted by atomic mass is 10.1. The van der Waals surface area contributed by atoms with E-state index in [4.69, 9.17) is 5.73 Å². The zero-order valence-corrected chi connectivity index (χ0v) is 18.2. The van der Waals surface area contributed by atoms with Crippen molar-refractivity contribution in [2.24, 2.45) is 10.7 Å². The number of hydrogen-bond donors (Lipinski definition) is 2. The molecule has 2 aromatic carbocycles. The first-order valence-electron chi connectivity index (χ1n) is 9.50. The lowest BCUT2D eigenvalue weighted by molar-refractivity contribution is 0.716. The van der Waals surface area contributed by atoms with Crippen LogP contribution >= 0.6 is 24.0 Å². The largest absolute Gasteiger partial charge is 0.370 e. The van der Waals surface area contributed by atoms with Gasteiger partial charge in [0.05, 0.1) is 0 Å². The second kappa shape index (κ2) is 9.73. The smallest absolute Gasteiger partial charge is 0.193 e. The van der Waals surface area contributed by atoms with Crippen molar-refractivity contribution in [1.29, 1.82) is 0 Å². The molecule has 28 heavy (non-hydrogen) atoms. The summed E-state index contributed by atoms with van der Waals surface area (Å²) in [5.41, 5.74) is 11.2. The Morgan fingerprint density at radius 3 is 2.79 bits per heavy atom. The number of aryl methyl sites for hydroxylation is 2. The molecule has 0 aliphatic heterocycles. The first kappa shape index (κ1) is 20.4. The summed E-state index contributed by atoms with van der Waals surface area (Å²) in [7, 11) is 0. The molecule has 4 rings (SSSR count). The molecule has 3 aromatic rings. The highest BCUT2D eigenvalue weighted by Gasteiger charge is 2.11. The summed E-state index contributed by atoms with van der Waals surface area (Å²) in [5.74, 6) is 1.47. The summed E-state index contributed by atoms with van der Waals surface area (Å²) in [5, 5.41) is 3.21. The molecule has 0 fully saturated rings. The Labute approximate surface area is 183 Å². The van der Waals surface area contributed by atoms with Crippen LogP contribution in [0.4, 0.5) is 5.69 Å². The summed E-state index contributed by atoms with van der Waals surface area (Å²) in [6.45, 7) is 1.43. The zero-order chi connectivity index (χ0) is 18.5. The number of halogens is 1. The second-order valence-corrected chi connectivity index (χ2v) is 6.94. The Balaban J connectivity index is 0.00000225. The Morgan fingerprint density at radius 1 is 1.11 bits per heavy atom. The van der Waals surface area contributed by atoms with Gasteiger partial charge in [-0.15, -0.1) is 24.0 Å². The van der Waals surface area contributed by atoms with Crippen molar-refractivity contribution in [2.75, 3.05) is 11.9 Å². The van der Waals surface area contributed by atoms with E-state index in [1.165, 1.54) is 29.5 Å². The molecule has 0 spiro atoms. The predicted octanol–water partition coefficient (Wildman–Crippen LogP) is 4.01. The van der Waals surface area contributed by atoms with E-state index in [1.54, 1.807) is 0 Å². The van der Waals surface area contributed by atoms with Crippen LogP contribution in [0.25, 0.3) is 0 Å². The van der Waals surface area contributed by atoms with Gasteiger partial charge in [-0.3, -0.25) is 4.99 Å². The molecule has 146 valence electrons. The first-order valence-corrected chi connectivity index (χ1v) is 9.50. The Bertz CT molecular complexity index is 933. The number of nitrogens with zero attached hydrogens (tertiary/aromatic N) is 3. The number of imidazole rings is 1. The number of rotatable bonds is 6. The lowest BCUT2D eigenvalue weighted by Gasteiger charge is -2.09. The van der Waals surface area contributed by atoms with Gasteiger partial charge >= 0.3 is 0 Å². The number of benzene rings is 2. The minimum Gasteiger partial charge on any atom is -0.370 e. The fourth-order valence-corrected chi connectivity index (χ4v) is 3.61. The average Bonchev–Trinajstić information content (AvgIpc) is 3.32. The van der Waals surface area contributed by atoms with E-state index < -0.39 is 0 Å². The molecule has 0 atom stereocenters. The molecule has 0 saturated carbocycles. The minimum absolute atomic E-state index is 0. The summed E-state index contributed by atoms with van der Waals surface area (Å²) < 4.78 is 2.16. The summed E-state index contributed by atoms with van der Waals surface area (Å²) in [4.78, 5) is 8.93. The Kier molecular flexibility index (Phi) is 7.08. The minimum atomic E-state index is 0. The SMILES string of the molecule is I.NC(=NCCc1nccn1Cc1ccccc1)Nc1ccc2c(c1)CCC2. The van der Waals surface area contributed by atoms with E-state index in [0.29, 0.717) is 12.5 Å². The number of aliphatic imine (C=N–C) groups is 1. The van der Waals surface area contributed by atoms with Crippen LogP contribution in [-0.2, 0) is 25.8 Å². The van der Waals surface area contributed by atoms with E-state index >= 15 is 0 Å². The van der Waals surface area contributed by atoms with Gasteiger partial charge in [-0.1, -0.05) is 36.4 Å². The Morgan fingerprint density at radius 2 is 1.93 bits per heavy atom. The number of aromatic nitrogens is 2. The van der Waals surface area contributed by atoms with E-state index in [0.717, 1.165) is 30.9 Å². The molecule has 1 aromatic heterocycles. The molecule has 0 radical (unpaired) electrons. The predicted molar refractivity (Wildman–Crippen MR) is 125 cm³/mol. The molecule has 6 heteroatoms. The number of fused-ring (bicyclic) bond motifs is 1. The molecular weight excluding hydrogens is 461 g/mol. The summed E-state index contributed by atoms with van der Waals surface area (Å²) in [6.07, 6.45) is 8.21. The van der Waals surface area contributed by atoms with E-state index in [9.17, 15) is 0 Å². The zero-order valence-electron chi connectivity index (χ0n) is 15.8. The van der Waals surface area contributed by atoms with Gasteiger partial charge < -0.3 is 15.6 Å². The van der Waals surface area contributed by atoms with Crippen LogP contribution in [0.3, 0.4) is 0 Å². The van der Waals surface area contributed by atoms with Gasteiger partial charge in [0.2, 0.25) is 0 Å². The van der Waals surface area contributed by atoms with Crippen LogP contribution in [0, 0.1) is 0 Å². The lowest BCUT2D eigenvalue weighted by Crippen LogP contribution is -2.23. The highest BCUT2D eigenvalue weighted by Crippen LogP contribution is 2.24. The molecular formula is C22H26IN5. The normalized spacial score (nSPS) is 13.1. The number of guanidine groups is 1. The standard InChI is InChI=1S/C22H25N5.HI/c23-22(26-20-10-9-18-7-4-8-19(18)15-20)25-12-11-21-24-13-14-27(21)16-17-5-2-1-3-6-17;/h1-3,5-6,9-10,13-15H,4,7-8,11-12,16H2,(H3,23,25,26);1H. The van der Waals surface area contributed by atoms with Crippen molar-refractivity contribution in [3.05, 3.63) is 83.4 Å². The third-order valence-electron chi connectivity index (χ3n) is 4.99. The van der Waals surface area contributed by atoms with Crippen molar-refractivity contribution >= 4 is 35.6 Å². The first-order chi connectivity index (χ1) is 13.3. The van der Waals surface area contributed by atoms with Gasteiger partial charge in [-0.2, -0.15) is 0 Å². The molecule has 3 N–H and O–H groups in total. The fourth-order valence-electron chi connectivity index (χ4n) is 3.61. The van der Waals surface area contributed by atoms with Gasteiger partial charge in [0, 0.05) is 37.6 Å². The van der Waals surface area contributed by atoms with E-state index in [2.05, 4.69) is 62.3 Å². The van der Waals surface area contributed by atoms with Gasteiger partial charge in [-0.05, 0) is 48.1 Å². The maximum atomic E-state index is 6.06. The topological polar surface area (TPSA) is 68.2 Å². The third-order valence-corrected chi connectivity index (χ3v) is 4.99. The summed E-state index contributed by atoms with van der Waals surface area (Å²) in [6, 6.07) is 16.9. The quantitative estimate of drug-likeness (QED) is 0.314. The van der Waals surface area contributed by atoms with Crippen molar-refractivity contribution in [3.8, 4) is 0 Å². The molecule has 1 aliphatic rings. The maximum Gasteiger partial charge on any atom is 0.193 e. The van der Waals surface area contributed by atoms with Gasteiger partial charge in [0.15, 0.2) is 5.96 Å². The van der Waals surface area contributed by atoms with Gasteiger partial charge in [0.1, 0.15) is 5.82 Å². The highest BCUT2D eigenvalue weighted by atomic mass is 127. The van der Waals surface area contributed by atoms with E-state index in [-0.39, 0.29) is 24.0 Å². The average molecular weight is 487 g/mol. The highest BCUT2D eigenvalue weighted by molar-refractivity contribution is 14.0. The van der Waals surface area contributed by atoms with Crippen LogP contribution in [-0.4, -0.2) is 22.1 Å². The molecule has 1 aliphatic carbocycles. The van der Waals surface area contributed by atoms with Gasteiger partial charge in [-0.25, -0.2) is 4.98 Å². The van der Waals surface area contributed by atoms with Crippen molar-refractivity contribution in [2.45, 2.75) is 32.2 Å². The van der Waals surface area contributed by atoms with Crippen LogP contribution in [0.5, 0.6) is 0 Å². The van der Waals surface area contributed by atoms with Crippen LogP contribution in [0.15, 0.2) is 65.9 Å². The number of anilines is 1. The number of nitrogens with one attached hydrogen (secondary N) is 1.